The topological polar surface area (TPSA) is 43.8 Å². The van der Waals surface area contributed by atoms with Crippen LogP contribution in [0.25, 0.3) is 0 Å². The first-order chi connectivity index (χ1) is 10.00. The van der Waals surface area contributed by atoms with Crippen molar-refractivity contribution in [3.05, 3.63) is 46.8 Å². The minimum atomic E-state index is -4.90. The summed E-state index contributed by atoms with van der Waals surface area (Å²) in [5.74, 6) is 0. The first-order valence-electron chi connectivity index (χ1n) is 6.05. The number of aromatic nitrogens is 2. The fraction of sp³-hybridized carbons (Fsp3) is 0.308. The smallest absolute Gasteiger partial charge is 0.396 e. The maximum Gasteiger partial charge on any atom is 0.416 e. The lowest BCUT2D eigenvalue weighted by Crippen LogP contribution is -2.16. The highest BCUT2D eigenvalue weighted by Gasteiger charge is 2.38. The van der Waals surface area contributed by atoms with Crippen molar-refractivity contribution in [2.45, 2.75) is 25.8 Å². The predicted octanol–water partition coefficient (Wildman–Crippen LogP) is 4.28. The quantitative estimate of drug-likeness (QED) is 0.813. The first kappa shape index (κ1) is 19.1. The number of halogens is 7. The van der Waals surface area contributed by atoms with Gasteiger partial charge in [0.15, 0.2) is 0 Å². The molecule has 2 rings (SSSR count). The Balaban J connectivity index is 0.00000264. The molecule has 1 heterocycles. The zero-order chi connectivity index (χ0) is 16.7. The molecule has 0 bridgehead atoms. The summed E-state index contributed by atoms with van der Waals surface area (Å²) in [6.45, 7) is 1.23. The highest BCUT2D eigenvalue weighted by molar-refractivity contribution is 5.85. The van der Waals surface area contributed by atoms with Crippen molar-refractivity contribution >= 4 is 18.1 Å². The van der Waals surface area contributed by atoms with Gasteiger partial charge in [-0.15, -0.1) is 12.4 Å². The summed E-state index contributed by atoms with van der Waals surface area (Å²) in [5.41, 5.74) is 3.28. The van der Waals surface area contributed by atoms with Gasteiger partial charge in [0.25, 0.3) is 0 Å². The van der Waals surface area contributed by atoms with Gasteiger partial charge in [-0.3, -0.25) is 4.68 Å². The van der Waals surface area contributed by atoms with Crippen molar-refractivity contribution in [2.24, 2.45) is 0 Å². The van der Waals surface area contributed by atoms with Gasteiger partial charge in [0.05, 0.1) is 35.2 Å². The van der Waals surface area contributed by atoms with E-state index in [2.05, 4.69) is 5.10 Å². The molecule has 0 unspecified atom stereocenters. The van der Waals surface area contributed by atoms with E-state index < -0.39 is 23.5 Å². The fourth-order valence-electron chi connectivity index (χ4n) is 1.94. The van der Waals surface area contributed by atoms with Crippen molar-refractivity contribution in [1.29, 1.82) is 0 Å². The second kappa shape index (κ2) is 6.31. The van der Waals surface area contributed by atoms with Crippen LogP contribution in [0.5, 0.6) is 0 Å². The molecule has 23 heavy (non-hydrogen) atoms. The second-order valence-electron chi connectivity index (χ2n) is 4.71. The van der Waals surface area contributed by atoms with Gasteiger partial charge in [-0.1, -0.05) is 6.07 Å². The van der Waals surface area contributed by atoms with Crippen LogP contribution in [0.4, 0.5) is 32.0 Å². The SMILES string of the molecule is Cc1c(N)cnn1Cc1ccc(C(F)(F)F)cc1C(F)(F)F.Cl. The molecule has 1 aromatic carbocycles. The number of hydrogen-bond acceptors (Lipinski definition) is 2. The number of nitrogens with two attached hydrogens (primary N) is 1. The molecule has 0 fully saturated rings. The van der Waals surface area contributed by atoms with Gasteiger partial charge < -0.3 is 5.73 Å². The molecule has 2 N–H and O–H groups in total. The Hall–Kier alpha value is -1.90. The van der Waals surface area contributed by atoms with E-state index in [1.807, 2.05) is 0 Å². The van der Waals surface area contributed by atoms with Gasteiger partial charge in [0.2, 0.25) is 0 Å². The summed E-state index contributed by atoms with van der Waals surface area (Å²) < 4.78 is 78.0. The number of hydrogen-bond donors (Lipinski definition) is 1. The lowest BCUT2D eigenvalue weighted by atomic mass is 10.0. The van der Waals surface area contributed by atoms with E-state index in [9.17, 15) is 26.3 Å². The molecule has 0 aliphatic carbocycles. The summed E-state index contributed by atoms with van der Waals surface area (Å²) in [7, 11) is 0. The first-order valence-corrected chi connectivity index (χ1v) is 6.05. The van der Waals surface area contributed by atoms with E-state index in [1.54, 1.807) is 6.92 Å². The average Bonchev–Trinajstić information content (AvgIpc) is 2.68. The normalized spacial score (nSPS) is 12.1. The molecule has 1 aromatic heterocycles. The summed E-state index contributed by atoms with van der Waals surface area (Å²) in [4.78, 5) is 0. The Labute approximate surface area is 133 Å². The molecule has 0 aliphatic heterocycles. The number of rotatable bonds is 2. The lowest BCUT2D eigenvalue weighted by molar-refractivity contribution is -0.143. The van der Waals surface area contributed by atoms with Crippen molar-refractivity contribution in [3.63, 3.8) is 0 Å². The summed E-state index contributed by atoms with van der Waals surface area (Å²) in [5, 5.41) is 3.81. The minimum absolute atomic E-state index is 0. The third-order valence-corrected chi connectivity index (χ3v) is 3.20. The lowest BCUT2D eigenvalue weighted by Gasteiger charge is -2.16. The fourth-order valence-corrected chi connectivity index (χ4v) is 1.94. The molecule has 0 spiro atoms. The number of benzene rings is 1. The highest BCUT2D eigenvalue weighted by Crippen LogP contribution is 2.37. The van der Waals surface area contributed by atoms with Crippen LogP contribution < -0.4 is 5.73 Å². The van der Waals surface area contributed by atoms with Crippen LogP contribution in [0.2, 0.25) is 0 Å². The number of nitrogen functional groups attached to an aromatic ring is 1. The second-order valence-corrected chi connectivity index (χ2v) is 4.71. The maximum atomic E-state index is 13.0. The molecule has 10 heteroatoms. The largest absolute Gasteiger partial charge is 0.416 e. The Kier molecular flexibility index (Phi) is 5.25. The number of anilines is 1. The van der Waals surface area contributed by atoms with Gasteiger partial charge in [-0.2, -0.15) is 31.4 Å². The standard InChI is InChI=1S/C13H11F6N3.ClH/c1-7-11(20)5-21-22(7)6-8-2-3-9(12(14,15)16)4-10(8)13(17,18)19;/h2-5H,6,20H2,1H3;1H. The van der Waals surface area contributed by atoms with E-state index in [4.69, 9.17) is 5.73 Å². The van der Waals surface area contributed by atoms with Crippen LogP contribution >= 0.6 is 12.4 Å². The van der Waals surface area contributed by atoms with E-state index in [0.717, 1.165) is 6.07 Å². The van der Waals surface area contributed by atoms with Crippen LogP contribution in [-0.2, 0) is 18.9 Å². The Morgan fingerprint density at radius 1 is 1.09 bits per heavy atom. The molecular weight excluding hydrogens is 348 g/mol. The molecule has 0 radical (unpaired) electrons. The van der Waals surface area contributed by atoms with Crippen LogP contribution in [-0.4, -0.2) is 9.78 Å². The molecule has 0 amide bonds. The molecule has 0 saturated heterocycles. The van der Waals surface area contributed by atoms with Crippen molar-refractivity contribution in [1.82, 2.24) is 9.78 Å². The summed E-state index contributed by atoms with van der Waals surface area (Å²) in [6, 6.07) is 1.53. The minimum Gasteiger partial charge on any atom is -0.396 e. The molecular formula is C13H12ClF6N3. The van der Waals surface area contributed by atoms with E-state index in [1.165, 1.54) is 10.9 Å². The molecule has 128 valence electrons. The van der Waals surface area contributed by atoms with Crippen molar-refractivity contribution in [3.8, 4) is 0 Å². The third kappa shape index (κ3) is 4.10. The van der Waals surface area contributed by atoms with Crippen LogP contribution in [0.1, 0.15) is 22.4 Å². The summed E-state index contributed by atoms with van der Waals surface area (Å²) in [6.07, 6.45) is -8.47. The van der Waals surface area contributed by atoms with Crippen LogP contribution in [0.15, 0.2) is 24.4 Å². The van der Waals surface area contributed by atoms with E-state index in [-0.39, 0.29) is 30.6 Å². The molecule has 3 nitrogen and oxygen atoms in total. The Morgan fingerprint density at radius 3 is 2.13 bits per heavy atom. The van der Waals surface area contributed by atoms with Crippen LogP contribution in [0, 0.1) is 6.92 Å². The van der Waals surface area contributed by atoms with Crippen LogP contribution in [0.3, 0.4) is 0 Å². The van der Waals surface area contributed by atoms with E-state index in [0.29, 0.717) is 17.4 Å². The maximum absolute atomic E-state index is 13.0. The predicted molar refractivity (Wildman–Crippen MR) is 74.2 cm³/mol. The van der Waals surface area contributed by atoms with Gasteiger partial charge in [0, 0.05) is 0 Å². The molecule has 0 atom stereocenters. The third-order valence-electron chi connectivity index (χ3n) is 3.20. The average molecular weight is 360 g/mol. The highest BCUT2D eigenvalue weighted by atomic mass is 35.5. The Bertz CT molecular complexity index is 690. The summed E-state index contributed by atoms with van der Waals surface area (Å²) >= 11 is 0. The molecule has 0 saturated carbocycles. The van der Waals surface area contributed by atoms with Crippen molar-refractivity contribution in [2.75, 3.05) is 5.73 Å². The molecule has 2 aromatic rings. The zero-order valence-electron chi connectivity index (χ0n) is 11.7. The zero-order valence-corrected chi connectivity index (χ0v) is 12.5. The van der Waals surface area contributed by atoms with E-state index >= 15 is 0 Å². The van der Waals surface area contributed by atoms with Gasteiger partial charge in [-0.25, -0.2) is 0 Å². The monoisotopic (exact) mass is 359 g/mol. The Morgan fingerprint density at radius 2 is 1.70 bits per heavy atom. The van der Waals surface area contributed by atoms with Gasteiger partial charge in [-0.05, 0) is 24.6 Å². The molecule has 0 aliphatic rings. The van der Waals surface area contributed by atoms with Crippen molar-refractivity contribution < 1.29 is 26.3 Å². The number of nitrogens with zero attached hydrogens (tertiary/aromatic N) is 2. The van der Waals surface area contributed by atoms with Gasteiger partial charge in [0.1, 0.15) is 0 Å². The van der Waals surface area contributed by atoms with Gasteiger partial charge >= 0.3 is 12.4 Å². The number of alkyl halides is 6.